The SMILES string of the molecule is Cc1noc(C)c1-c1nc([C@H]2CCCN(S(=O)(=O)N(C)C)C2)ccc1CO. The van der Waals surface area contributed by atoms with Crippen molar-refractivity contribution >= 4 is 10.2 Å². The van der Waals surface area contributed by atoms with Gasteiger partial charge in [-0.1, -0.05) is 11.2 Å². The first-order chi connectivity index (χ1) is 12.8. The van der Waals surface area contributed by atoms with Crippen LogP contribution < -0.4 is 0 Å². The molecular weight excluding hydrogens is 368 g/mol. The third-order valence-corrected chi connectivity index (χ3v) is 6.94. The summed E-state index contributed by atoms with van der Waals surface area (Å²) in [6.07, 6.45) is 1.65. The molecule has 3 heterocycles. The molecule has 148 valence electrons. The predicted molar refractivity (Wildman–Crippen MR) is 101 cm³/mol. The molecule has 3 rings (SSSR count). The van der Waals surface area contributed by atoms with Gasteiger partial charge < -0.3 is 9.63 Å². The van der Waals surface area contributed by atoms with Crippen LogP contribution in [0.5, 0.6) is 0 Å². The van der Waals surface area contributed by atoms with Crippen LogP contribution in [0, 0.1) is 13.8 Å². The van der Waals surface area contributed by atoms with Gasteiger partial charge in [-0.2, -0.15) is 17.0 Å². The Morgan fingerprint density at radius 2 is 2.07 bits per heavy atom. The zero-order valence-corrected chi connectivity index (χ0v) is 17.0. The summed E-state index contributed by atoms with van der Waals surface area (Å²) in [7, 11) is -0.358. The lowest BCUT2D eigenvalue weighted by molar-refractivity contribution is 0.281. The van der Waals surface area contributed by atoms with Crippen molar-refractivity contribution in [1.82, 2.24) is 18.8 Å². The lowest BCUT2D eigenvalue weighted by Gasteiger charge is -2.33. The van der Waals surface area contributed by atoms with E-state index >= 15 is 0 Å². The smallest absolute Gasteiger partial charge is 0.281 e. The zero-order valence-electron chi connectivity index (χ0n) is 16.1. The summed E-state index contributed by atoms with van der Waals surface area (Å²) >= 11 is 0. The quantitative estimate of drug-likeness (QED) is 0.830. The second kappa shape index (κ2) is 7.67. The molecule has 0 amide bonds. The molecule has 2 aromatic rings. The molecule has 1 atom stereocenters. The highest BCUT2D eigenvalue weighted by molar-refractivity contribution is 7.86. The minimum Gasteiger partial charge on any atom is -0.392 e. The van der Waals surface area contributed by atoms with Crippen LogP contribution in [0.3, 0.4) is 0 Å². The van der Waals surface area contributed by atoms with Crippen LogP contribution in [0.15, 0.2) is 16.7 Å². The molecule has 0 radical (unpaired) electrons. The Morgan fingerprint density at radius 1 is 1.33 bits per heavy atom. The highest BCUT2D eigenvalue weighted by Gasteiger charge is 2.32. The molecular formula is C18H26N4O4S. The number of rotatable bonds is 5. The first kappa shape index (κ1) is 19.9. The summed E-state index contributed by atoms with van der Waals surface area (Å²) in [4.78, 5) is 4.80. The number of aliphatic hydroxyl groups excluding tert-OH is 1. The minimum absolute atomic E-state index is 0.000408. The lowest BCUT2D eigenvalue weighted by atomic mass is 9.94. The number of pyridine rings is 1. The molecule has 9 heteroatoms. The highest BCUT2D eigenvalue weighted by atomic mass is 32.2. The fraction of sp³-hybridized carbons (Fsp3) is 0.556. The van der Waals surface area contributed by atoms with Crippen molar-refractivity contribution in [2.75, 3.05) is 27.2 Å². The second-order valence-corrected chi connectivity index (χ2v) is 9.23. The third-order valence-electron chi connectivity index (χ3n) is 5.03. The van der Waals surface area contributed by atoms with Gasteiger partial charge in [0, 0.05) is 44.4 Å². The van der Waals surface area contributed by atoms with Crippen molar-refractivity contribution in [3.63, 3.8) is 0 Å². The minimum atomic E-state index is -3.45. The van der Waals surface area contributed by atoms with Gasteiger partial charge in [-0.15, -0.1) is 0 Å². The Hall–Kier alpha value is -1.81. The van der Waals surface area contributed by atoms with Gasteiger partial charge in [0.05, 0.1) is 23.6 Å². The zero-order chi connectivity index (χ0) is 19.8. The number of aryl methyl sites for hydroxylation is 2. The molecule has 27 heavy (non-hydrogen) atoms. The Bertz CT molecular complexity index is 904. The molecule has 1 saturated heterocycles. The Balaban J connectivity index is 1.97. The van der Waals surface area contributed by atoms with E-state index < -0.39 is 10.2 Å². The average Bonchev–Trinajstić information content (AvgIpc) is 2.99. The number of hydrogen-bond donors (Lipinski definition) is 1. The van der Waals surface area contributed by atoms with Crippen LogP contribution in [0.4, 0.5) is 0 Å². The molecule has 0 aromatic carbocycles. The number of aliphatic hydroxyl groups is 1. The van der Waals surface area contributed by atoms with Gasteiger partial charge in [-0.05, 0) is 32.8 Å². The van der Waals surface area contributed by atoms with E-state index in [0.29, 0.717) is 35.8 Å². The van der Waals surface area contributed by atoms with E-state index in [1.807, 2.05) is 26.0 Å². The van der Waals surface area contributed by atoms with Crippen molar-refractivity contribution in [3.8, 4) is 11.3 Å². The second-order valence-electron chi connectivity index (χ2n) is 7.09. The van der Waals surface area contributed by atoms with Gasteiger partial charge in [-0.25, -0.2) is 0 Å². The fourth-order valence-corrected chi connectivity index (χ4v) is 4.71. The monoisotopic (exact) mass is 394 g/mol. The van der Waals surface area contributed by atoms with Gasteiger partial charge in [0.25, 0.3) is 10.2 Å². The summed E-state index contributed by atoms with van der Waals surface area (Å²) < 4.78 is 33.0. The summed E-state index contributed by atoms with van der Waals surface area (Å²) in [6.45, 7) is 4.43. The molecule has 1 aliphatic heterocycles. The van der Waals surface area contributed by atoms with Crippen LogP contribution >= 0.6 is 0 Å². The van der Waals surface area contributed by atoms with E-state index in [-0.39, 0.29) is 12.5 Å². The normalized spacial score (nSPS) is 19.0. The topological polar surface area (TPSA) is 99.8 Å². The van der Waals surface area contributed by atoms with Crippen LogP contribution in [-0.4, -0.2) is 59.5 Å². The van der Waals surface area contributed by atoms with Gasteiger partial charge in [0.2, 0.25) is 0 Å². The van der Waals surface area contributed by atoms with E-state index in [9.17, 15) is 13.5 Å². The van der Waals surface area contributed by atoms with E-state index in [1.165, 1.54) is 8.61 Å². The molecule has 1 N–H and O–H groups in total. The van der Waals surface area contributed by atoms with Crippen LogP contribution in [0.25, 0.3) is 11.3 Å². The number of hydrogen-bond acceptors (Lipinski definition) is 6. The van der Waals surface area contributed by atoms with Gasteiger partial charge >= 0.3 is 0 Å². The first-order valence-electron chi connectivity index (χ1n) is 8.97. The molecule has 1 fully saturated rings. The van der Waals surface area contributed by atoms with E-state index in [1.54, 1.807) is 14.1 Å². The molecule has 0 bridgehead atoms. The summed E-state index contributed by atoms with van der Waals surface area (Å²) in [5.74, 6) is 0.646. The van der Waals surface area contributed by atoms with Crippen LogP contribution in [0.1, 0.15) is 41.5 Å². The maximum atomic E-state index is 12.5. The molecule has 0 aliphatic carbocycles. The molecule has 0 saturated carbocycles. The molecule has 0 spiro atoms. The lowest BCUT2D eigenvalue weighted by Crippen LogP contribution is -2.45. The van der Waals surface area contributed by atoms with E-state index in [0.717, 1.165) is 24.1 Å². The van der Waals surface area contributed by atoms with Crippen LogP contribution in [-0.2, 0) is 16.8 Å². The number of aromatic nitrogens is 2. The highest BCUT2D eigenvalue weighted by Crippen LogP contribution is 2.33. The average molecular weight is 394 g/mol. The Morgan fingerprint density at radius 3 is 2.67 bits per heavy atom. The molecule has 1 aliphatic rings. The third kappa shape index (κ3) is 3.77. The number of nitrogens with zero attached hydrogens (tertiary/aromatic N) is 4. The Kier molecular flexibility index (Phi) is 5.66. The fourth-order valence-electron chi connectivity index (χ4n) is 3.52. The maximum Gasteiger partial charge on any atom is 0.281 e. The molecule has 2 aromatic heterocycles. The van der Waals surface area contributed by atoms with Crippen molar-refractivity contribution in [2.24, 2.45) is 0 Å². The molecule has 0 unspecified atom stereocenters. The molecule has 8 nitrogen and oxygen atoms in total. The maximum absolute atomic E-state index is 12.5. The van der Waals surface area contributed by atoms with Crippen molar-refractivity contribution in [3.05, 3.63) is 34.8 Å². The number of piperidine rings is 1. The van der Waals surface area contributed by atoms with E-state index in [2.05, 4.69) is 5.16 Å². The van der Waals surface area contributed by atoms with Crippen molar-refractivity contribution in [2.45, 2.75) is 39.2 Å². The summed E-state index contributed by atoms with van der Waals surface area (Å²) in [5.41, 5.74) is 3.67. The van der Waals surface area contributed by atoms with Crippen molar-refractivity contribution in [1.29, 1.82) is 0 Å². The van der Waals surface area contributed by atoms with Crippen LogP contribution in [0.2, 0.25) is 0 Å². The standard InChI is InChI=1S/C18H26N4O4S/c1-12-17(13(2)26-20-12)18-15(11-23)7-8-16(19-18)14-6-5-9-22(10-14)27(24,25)21(3)4/h7-8,14,23H,5-6,9-11H2,1-4H3/t14-/m0/s1. The van der Waals surface area contributed by atoms with Gasteiger partial charge in [0.15, 0.2) is 0 Å². The van der Waals surface area contributed by atoms with Crippen molar-refractivity contribution < 1.29 is 18.0 Å². The first-order valence-corrected chi connectivity index (χ1v) is 10.4. The van der Waals surface area contributed by atoms with E-state index in [4.69, 9.17) is 9.51 Å². The summed E-state index contributed by atoms with van der Waals surface area (Å²) in [6, 6.07) is 3.73. The summed E-state index contributed by atoms with van der Waals surface area (Å²) in [5, 5.41) is 13.7. The largest absolute Gasteiger partial charge is 0.392 e. The van der Waals surface area contributed by atoms with Gasteiger partial charge in [-0.3, -0.25) is 4.98 Å². The van der Waals surface area contributed by atoms with Gasteiger partial charge in [0.1, 0.15) is 5.76 Å². The predicted octanol–water partition coefficient (Wildman–Crippen LogP) is 1.83. The Labute approximate surface area is 160 Å².